The van der Waals surface area contributed by atoms with Crippen molar-refractivity contribution in [3.63, 3.8) is 0 Å². The van der Waals surface area contributed by atoms with Gasteiger partial charge in [-0.2, -0.15) is 0 Å². The van der Waals surface area contributed by atoms with Crippen molar-refractivity contribution in [3.05, 3.63) is 40.7 Å². The second kappa shape index (κ2) is 7.65. The first-order valence-electron chi connectivity index (χ1n) is 8.51. The Labute approximate surface area is 147 Å². The molecule has 3 rings (SSSR count). The maximum atomic E-state index is 12.3. The molecule has 25 heavy (non-hydrogen) atoms. The lowest BCUT2D eigenvalue weighted by atomic mass is 10.1. The van der Waals surface area contributed by atoms with Crippen molar-refractivity contribution in [3.8, 4) is 5.75 Å². The van der Waals surface area contributed by atoms with Gasteiger partial charge < -0.3 is 9.64 Å². The molecule has 1 aliphatic heterocycles. The first-order chi connectivity index (χ1) is 12.0. The summed E-state index contributed by atoms with van der Waals surface area (Å²) in [6, 6.07) is 5.88. The lowest BCUT2D eigenvalue weighted by molar-refractivity contribution is -0.135. The van der Waals surface area contributed by atoms with Crippen LogP contribution in [0.4, 0.5) is 0 Å². The van der Waals surface area contributed by atoms with E-state index in [0.29, 0.717) is 19.6 Å². The minimum Gasteiger partial charge on any atom is -0.484 e. The predicted molar refractivity (Wildman–Crippen MR) is 92.3 cm³/mol. The van der Waals surface area contributed by atoms with Crippen LogP contribution in [-0.2, 0) is 11.3 Å². The van der Waals surface area contributed by atoms with E-state index in [1.165, 1.54) is 5.56 Å². The molecule has 1 aromatic heterocycles. The van der Waals surface area contributed by atoms with Crippen molar-refractivity contribution in [2.45, 2.75) is 27.3 Å². The molecule has 1 fully saturated rings. The molecule has 0 unspecified atom stereocenters. The molecule has 2 aromatic rings. The van der Waals surface area contributed by atoms with Gasteiger partial charge in [0.2, 0.25) is 0 Å². The molecule has 7 nitrogen and oxygen atoms in total. The zero-order valence-corrected chi connectivity index (χ0v) is 15.0. The number of rotatable bonds is 5. The fourth-order valence-corrected chi connectivity index (χ4v) is 2.80. The van der Waals surface area contributed by atoms with Crippen molar-refractivity contribution in [1.29, 1.82) is 0 Å². The summed E-state index contributed by atoms with van der Waals surface area (Å²) in [5.41, 5.74) is 4.06. The Bertz CT molecular complexity index is 736. The van der Waals surface area contributed by atoms with Gasteiger partial charge in [-0.3, -0.25) is 9.69 Å². The lowest BCUT2D eigenvalue weighted by Gasteiger charge is -2.34. The third-order valence-electron chi connectivity index (χ3n) is 4.69. The summed E-state index contributed by atoms with van der Waals surface area (Å²) in [7, 11) is 0. The van der Waals surface area contributed by atoms with Gasteiger partial charge in [0.1, 0.15) is 17.1 Å². The van der Waals surface area contributed by atoms with E-state index < -0.39 is 0 Å². The van der Waals surface area contributed by atoms with Gasteiger partial charge in [-0.25, -0.2) is 4.63 Å². The lowest BCUT2D eigenvalue weighted by Crippen LogP contribution is -2.49. The molecule has 0 spiro atoms. The second-order valence-corrected chi connectivity index (χ2v) is 6.49. The summed E-state index contributed by atoms with van der Waals surface area (Å²) in [6.07, 6.45) is 0. The van der Waals surface area contributed by atoms with Crippen LogP contribution < -0.4 is 4.74 Å². The summed E-state index contributed by atoms with van der Waals surface area (Å²) in [5.74, 6) is 0.765. The van der Waals surface area contributed by atoms with Gasteiger partial charge >= 0.3 is 0 Å². The Morgan fingerprint density at radius 2 is 1.88 bits per heavy atom. The first-order valence-corrected chi connectivity index (χ1v) is 8.51. The Hall–Kier alpha value is -2.41. The largest absolute Gasteiger partial charge is 0.484 e. The zero-order chi connectivity index (χ0) is 17.8. The van der Waals surface area contributed by atoms with E-state index in [2.05, 4.69) is 22.1 Å². The van der Waals surface area contributed by atoms with Crippen molar-refractivity contribution in [1.82, 2.24) is 20.1 Å². The fraction of sp³-hybridized carbons (Fsp3) is 0.500. The molecule has 134 valence electrons. The number of aryl methyl sites for hydroxylation is 3. The Balaban J connectivity index is 1.45. The standard InChI is InChI=1S/C18H24N4O3/c1-13-4-5-16(10-14(13)2)24-12-18(23)22-8-6-21(7-9-22)11-17-15(3)19-25-20-17/h4-5,10H,6-9,11-12H2,1-3H3. The Kier molecular flexibility index (Phi) is 5.33. The quantitative estimate of drug-likeness (QED) is 0.822. The third-order valence-corrected chi connectivity index (χ3v) is 4.69. The third kappa shape index (κ3) is 4.36. The molecule has 1 aliphatic rings. The van der Waals surface area contributed by atoms with Crippen LogP contribution in [0.5, 0.6) is 5.75 Å². The molecular weight excluding hydrogens is 320 g/mol. The Morgan fingerprint density at radius 1 is 1.12 bits per heavy atom. The average Bonchev–Trinajstić information content (AvgIpc) is 3.01. The molecule has 0 saturated carbocycles. The normalized spacial score (nSPS) is 15.4. The number of amides is 1. The van der Waals surface area contributed by atoms with Crippen molar-refractivity contribution >= 4 is 5.91 Å². The van der Waals surface area contributed by atoms with Crippen LogP contribution in [0, 0.1) is 20.8 Å². The van der Waals surface area contributed by atoms with Crippen LogP contribution in [0.1, 0.15) is 22.5 Å². The number of ether oxygens (including phenoxy) is 1. The minimum absolute atomic E-state index is 0.0251. The second-order valence-electron chi connectivity index (χ2n) is 6.49. The Morgan fingerprint density at radius 3 is 2.52 bits per heavy atom. The number of hydrogen-bond acceptors (Lipinski definition) is 6. The molecule has 2 heterocycles. The van der Waals surface area contributed by atoms with Crippen LogP contribution >= 0.6 is 0 Å². The molecular formula is C18H24N4O3. The maximum Gasteiger partial charge on any atom is 0.260 e. The van der Waals surface area contributed by atoms with Crippen molar-refractivity contribution in [2.24, 2.45) is 0 Å². The summed E-state index contributed by atoms with van der Waals surface area (Å²) in [5, 5.41) is 7.71. The highest BCUT2D eigenvalue weighted by molar-refractivity contribution is 5.77. The van der Waals surface area contributed by atoms with Gasteiger partial charge in [0, 0.05) is 32.7 Å². The molecule has 1 saturated heterocycles. The first kappa shape index (κ1) is 17.4. The van der Waals surface area contributed by atoms with Crippen molar-refractivity contribution < 1.29 is 14.2 Å². The molecule has 0 aliphatic carbocycles. The van der Waals surface area contributed by atoms with E-state index in [4.69, 9.17) is 9.37 Å². The smallest absolute Gasteiger partial charge is 0.260 e. The molecule has 1 aromatic carbocycles. The van der Waals surface area contributed by atoms with E-state index in [1.54, 1.807) is 0 Å². The highest BCUT2D eigenvalue weighted by atomic mass is 16.6. The molecule has 7 heteroatoms. The zero-order valence-electron chi connectivity index (χ0n) is 15.0. The monoisotopic (exact) mass is 344 g/mol. The highest BCUT2D eigenvalue weighted by Crippen LogP contribution is 2.16. The fourth-order valence-electron chi connectivity index (χ4n) is 2.80. The number of nitrogens with zero attached hydrogens (tertiary/aromatic N) is 4. The number of carbonyl (C=O) groups excluding carboxylic acids is 1. The van der Waals surface area contributed by atoms with Crippen molar-refractivity contribution in [2.75, 3.05) is 32.8 Å². The number of hydrogen-bond donors (Lipinski definition) is 0. The topological polar surface area (TPSA) is 71.7 Å². The number of benzene rings is 1. The maximum absolute atomic E-state index is 12.3. The van der Waals surface area contributed by atoms with Crippen LogP contribution in [-0.4, -0.2) is 58.8 Å². The summed E-state index contributed by atoms with van der Waals surface area (Å²) < 4.78 is 10.4. The molecule has 0 N–H and O–H groups in total. The van der Waals surface area contributed by atoms with E-state index in [0.717, 1.165) is 35.8 Å². The van der Waals surface area contributed by atoms with Gasteiger partial charge in [0.15, 0.2) is 6.61 Å². The highest BCUT2D eigenvalue weighted by Gasteiger charge is 2.22. The van der Waals surface area contributed by atoms with Gasteiger partial charge in [-0.1, -0.05) is 16.4 Å². The number of aromatic nitrogens is 2. The van der Waals surface area contributed by atoms with E-state index in [-0.39, 0.29) is 12.5 Å². The summed E-state index contributed by atoms with van der Waals surface area (Å²) >= 11 is 0. The summed E-state index contributed by atoms with van der Waals surface area (Å²) in [4.78, 5) is 16.4. The molecule has 0 radical (unpaired) electrons. The number of carbonyl (C=O) groups is 1. The SMILES string of the molecule is Cc1ccc(OCC(=O)N2CCN(Cc3nonc3C)CC2)cc1C. The van der Waals surface area contributed by atoms with E-state index in [1.807, 2.05) is 36.9 Å². The van der Waals surface area contributed by atoms with Crippen LogP contribution in [0.15, 0.2) is 22.8 Å². The van der Waals surface area contributed by atoms with E-state index in [9.17, 15) is 4.79 Å². The number of piperazine rings is 1. The predicted octanol–water partition coefficient (Wildman–Crippen LogP) is 1.72. The van der Waals surface area contributed by atoms with Crippen LogP contribution in [0.3, 0.4) is 0 Å². The van der Waals surface area contributed by atoms with Gasteiger partial charge in [-0.15, -0.1) is 0 Å². The van der Waals surface area contributed by atoms with Gasteiger partial charge in [0.05, 0.1) is 0 Å². The van der Waals surface area contributed by atoms with Crippen LogP contribution in [0.25, 0.3) is 0 Å². The van der Waals surface area contributed by atoms with Crippen LogP contribution in [0.2, 0.25) is 0 Å². The summed E-state index contributed by atoms with van der Waals surface area (Å²) in [6.45, 7) is 9.76. The molecule has 1 amide bonds. The minimum atomic E-state index is 0.0251. The molecule has 0 atom stereocenters. The van der Waals surface area contributed by atoms with E-state index >= 15 is 0 Å². The van der Waals surface area contributed by atoms with Gasteiger partial charge in [0.25, 0.3) is 5.91 Å². The average molecular weight is 344 g/mol. The van der Waals surface area contributed by atoms with Gasteiger partial charge in [-0.05, 0) is 44.0 Å². The molecule has 0 bridgehead atoms.